The van der Waals surface area contributed by atoms with Gasteiger partial charge in [-0.3, -0.25) is 4.79 Å². The van der Waals surface area contributed by atoms with Crippen molar-refractivity contribution in [2.45, 2.75) is 19.3 Å². The maximum atomic E-state index is 12.0. The van der Waals surface area contributed by atoms with Gasteiger partial charge in [0, 0.05) is 11.9 Å². The fourth-order valence-corrected chi connectivity index (χ4v) is 5.38. The molecule has 0 bridgehead atoms. The molecule has 1 aromatic rings. The van der Waals surface area contributed by atoms with E-state index in [1.165, 1.54) is 24.2 Å². The smallest absolute Gasteiger partial charge is 0.253 e. The van der Waals surface area contributed by atoms with E-state index in [4.69, 9.17) is 0 Å². The summed E-state index contributed by atoms with van der Waals surface area (Å²) in [6.45, 7) is 0.789. The second-order valence-electron chi connectivity index (χ2n) is 4.36. The van der Waals surface area contributed by atoms with E-state index in [-0.39, 0.29) is 5.91 Å². The first-order valence-electron chi connectivity index (χ1n) is 5.35. The number of halogens is 3. The predicted molar refractivity (Wildman–Crippen MR) is 82.1 cm³/mol. The van der Waals surface area contributed by atoms with Crippen LogP contribution in [0.25, 0.3) is 0 Å². The number of alkyl halides is 1. The molecule has 0 aliphatic heterocycles. The first-order valence-corrected chi connectivity index (χ1v) is 8.88. The Morgan fingerprint density at radius 3 is 2.65 bits per heavy atom. The highest BCUT2D eigenvalue weighted by Crippen LogP contribution is 2.48. The predicted octanol–water partition coefficient (Wildman–Crippen LogP) is 4.57. The van der Waals surface area contributed by atoms with Gasteiger partial charge in [-0.2, -0.15) is 0 Å². The molecular formula is C11H12Br3NOS. The van der Waals surface area contributed by atoms with Crippen LogP contribution in [0.3, 0.4) is 0 Å². The van der Waals surface area contributed by atoms with Crippen molar-refractivity contribution in [2.75, 3.05) is 11.9 Å². The Hall–Kier alpha value is 0.610. The molecule has 2 nitrogen and oxygen atoms in total. The van der Waals surface area contributed by atoms with Gasteiger partial charge in [0.1, 0.15) is 0 Å². The molecule has 0 unspecified atom stereocenters. The van der Waals surface area contributed by atoms with E-state index in [1.807, 2.05) is 6.07 Å². The lowest BCUT2D eigenvalue weighted by Gasteiger charge is -2.14. The molecule has 0 atom stereocenters. The van der Waals surface area contributed by atoms with E-state index in [9.17, 15) is 4.79 Å². The number of carbonyl (C=O) groups is 1. The summed E-state index contributed by atoms with van der Waals surface area (Å²) in [5.74, 6) is 0.0136. The molecule has 2 rings (SSSR count). The van der Waals surface area contributed by atoms with Crippen LogP contribution in [-0.4, -0.2) is 17.8 Å². The zero-order valence-corrected chi connectivity index (χ0v) is 14.6. The molecule has 1 heterocycles. The van der Waals surface area contributed by atoms with E-state index in [0.29, 0.717) is 5.41 Å². The molecule has 0 saturated heterocycles. The monoisotopic (exact) mass is 443 g/mol. The highest BCUT2D eigenvalue weighted by atomic mass is 79.9. The van der Waals surface area contributed by atoms with Crippen LogP contribution >= 0.6 is 59.1 Å². The zero-order chi connectivity index (χ0) is 12.5. The van der Waals surface area contributed by atoms with Gasteiger partial charge in [-0.1, -0.05) is 15.9 Å². The van der Waals surface area contributed by atoms with E-state index >= 15 is 0 Å². The quantitative estimate of drug-likeness (QED) is 0.661. The van der Waals surface area contributed by atoms with E-state index in [0.717, 1.165) is 31.4 Å². The third-order valence-corrected chi connectivity index (χ3v) is 5.84. The Balaban J connectivity index is 1.92. The summed E-state index contributed by atoms with van der Waals surface area (Å²) in [6.07, 6.45) is 3.60. The Morgan fingerprint density at radius 1 is 1.47 bits per heavy atom. The lowest BCUT2D eigenvalue weighted by Crippen LogP contribution is -2.30. The van der Waals surface area contributed by atoms with Crippen LogP contribution in [0.2, 0.25) is 0 Å². The van der Waals surface area contributed by atoms with Crippen LogP contribution in [0, 0.1) is 5.41 Å². The maximum Gasteiger partial charge on any atom is 0.253 e. The van der Waals surface area contributed by atoms with Crippen LogP contribution in [0.4, 0.5) is 0 Å². The van der Waals surface area contributed by atoms with Crippen molar-refractivity contribution in [3.05, 3.63) is 19.2 Å². The number of hydrogen-bond donors (Lipinski definition) is 1. The van der Waals surface area contributed by atoms with Crippen molar-refractivity contribution in [3.63, 3.8) is 0 Å². The molecule has 0 radical (unpaired) electrons. The largest absolute Gasteiger partial charge is 0.351 e. The average molecular weight is 446 g/mol. The minimum absolute atomic E-state index is 0.0136. The van der Waals surface area contributed by atoms with Gasteiger partial charge in [-0.25, -0.2) is 0 Å². The van der Waals surface area contributed by atoms with Gasteiger partial charge in [0.05, 0.1) is 13.1 Å². The second kappa shape index (κ2) is 5.72. The molecule has 1 N–H and O–H groups in total. The molecule has 1 aliphatic carbocycles. The fraction of sp³-hybridized carbons (Fsp3) is 0.545. The highest BCUT2D eigenvalue weighted by Gasteiger charge is 2.41. The zero-order valence-electron chi connectivity index (χ0n) is 9.06. The summed E-state index contributed by atoms with van der Waals surface area (Å²) in [5, 5.41) is 4.05. The van der Waals surface area contributed by atoms with Crippen molar-refractivity contribution in [2.24, 2.45) is 5.41 Å². The third kappa shape index (κ3) is 3.55. The summed E-state index contributed by atoms with van der Waals surface area (Å²) in [5.41, 5.74) is 1.08. The van der Waals surface area contributed by atoms with Crippen molar-refractivity contribution in [3.8, 4) is 0 Å². The Bertz CT molecular complexity index is 428. The van der Waals surface area contributed by atoms with Gasteiger partial charge in [0.25, 0.3) is 5.91 Å². The first-order chi connectivity index (χ1) is 8.06. The van der Waals surface area contributed by atoms with Crippen molar-refractivity contribution >= 4 is 65.0 Å². The molecule has 1 fully saturated rings. The van der Waals surface area contributed by atoms with Crippen LogP contribution in [0.5, 0.6) is 0 Å². The molecule has 0 spiro atoms. The summed E-state index contributed by atoms with van der Waals surface area (Å²) in [7, 11) is 0. The van der Waals surface area contributed by atoms with Gasteiger partial charge in [0.15, 0.2) is 0 Å². The SMILES string of the molecule is O=C(NCC1(CCBr)CC1)c1cc(Br)sc1Br. The van der Waals surface area contributed by atoms with Crippen molar-refractivity contribution in [1.82, 2.24) is 5.32 Å². The van der Waals surface area contributed by atoms with Crippen molar-refractivity contribution in [1.29, 1.82) is 0 Å². The van der Waals surface area contributed by atoms with E-state index in [2.05, 4.69) is 53.1 Å². The molecule has 0 aromatic carbocycles. The Morgan fingerprint density at radius 2 is 2.18 bits per heavy atom. The number of nitrogens with one attached hydrogen (secondary N) is 1. The summed E-state index contributed by atoms with van der Waals surface area (Å²) in [4.78, 5) is 12.0. The minimum Gasteiger partial charge on any atom is -0.351 e. The molecule has 6 heteroatoms. The molecule has 1 amide bonds. The van der Waals surface area contributed by atoms with Gasteiger partial charge >= 0.3 is 0 Å². The Kier molecular flexibility index (Phi) is 4.72. The van der Waals surface area contributed by atoms with Crippen LogP contribution in [-0.2, 0) is 0 Å². The first kappa shape index (κ1) is 14.0. The van der Waals surface area contributed by atoms with Gasteiger partial charge in [0.2, 0.25) is 0 Å². The number of carbonyl (C=O) groups excluding carboxylic acids is 1. The maximum absolute atomic E-state index is 12.0. The molecule has 17 heavy (non-hydrogen) atoms. The second-order valence-corrected chi connectivity index (χ2v) is 8.90. The fourth-order valence-electron chi connectivity index (χ4n) is 1.75. The number of thiophene rings is 1. The minimum atomic E-state index is 0.0136. The lowest BCUT2D eigenvalue weighted by atomic mass is 10.0. The van der Waals surface area contributed by atoms with Crippen molar-refractivity contribution < 1.29 is 4.79 Å². The normalized spacial score (nSPS) is 16.9. The topological polar surface area (TPSA) is 29.1 Å². The van der Waals surface area contributed by atoms with Crippen LogP contribution < -0.4 is 5.32 Å². The van der Waals surface area contributed by atoms with Crippen LogP contribution in [0.15, 0.2) is 13.6 Å². The van der Waals surface area contributed by atoms with Gasteiger partial charge in [-0.15, -0.1) is 11.3 Å². The standard InChI is InChI=1S/C11H12Br3NOS/c12-4-3-11(1-2-11)6-15-10(16)7-5-8(13)17-9(7)14/h5H,1-4,6H2,(H,15,16). The summed E-state index contributed by atoms with van der Waals surface area (Å²) >= 11 is 11.8. The van der Waals surface area contributed by atoms with E-state index < -0.39 is 0 Å². The summed E-state index contributed by atoms with van der Waals surface area (Å²) < 4.78 is 1.85. The molecule has 1 aliphatic rings. The average Bonchev–Trinajstić information content (AvgIpc) is 2.95. The molecule has 1 aromatic heterocycles. The van der Waals surface area contributed by atoms with E-state index in [1.54, 1.807) is 0 Å². The molecule has 1 saturated carbocycles. The number of rotatable bonds is 5. The number of hydrogen-bond acceptors (Lipinski definition) is 2. The molecular weight excluding hydrogens is 434 g/mol. The van der Waals surface area contributed by atoms with Crippen LogP contribution in [0.1, 0.15) is 29.6 Å². The van der Waals surface area contributed by atoms with Gasteiger partial charge < -0.3 is 5.32 Å². The molecule has 94 valence electrons. The highest BCUT2D eigenvalue weighted by molar-refractivity contribution is 9.12. The Labute approximate surface area is 130 Å². The number of amides is 1. The van der Waals surface area contributed by atoms with Gasteiger partial charge in [-0.05, 0) is 62.6 Å². The third-order valence-electron chi connectivity index (χ3n) is 3.11. The summed E-state index contributed by atoms with van der Waals surface area (Å²) in [6, 6.07) is 1.86. The lowest BCUT2D eigenvalue weighted by molar-refractivity contribution is 0.0944.